The molecule has 0 bridgehead atoms. The zero-order chi connectivity index (χ0) is 17.3. The van der Waals surface area contributed by atoms with Crippen LogP contribution in [0.5, 0.6) is 0 Å². The molecule has 6 nitrogen and oxygen atoms in total. The average molecular weight is 354 g/mol. The van der Waals surface area contributed by atoms with E-state index < -0.39 is 20.0 Å². The predicted molar refractivity (Wildman–Crippen MR) is 91.6 cm³/mol. The molecule has 2 aromatic rings. The Morgan fingerprint density at radius 2 is 1.43 bits per heavy atom. The Balaban J connectivity index is 2.26. The highest BCUT2D eigenvalue weighted by molar-refractivity contribution is 7.92. The first-order valence-electron chi connectivity index (χ1n) is 6.75. The zero-order valence-corrected chi connectivity index (χ0v) is 14.6. The van der Waals surface area contributed by atoms with Crippen LogP contribution in [0, 0.1) is 13.8 Å². The standard InChI is InChI=1S/C15H18N2O4S2/c1-11-4-7-14(8-5-11)23(20,21)16-13-6-9-15(12(2)10-13)17-22(3,18)19/h4-10,16-17H,1-3H3. The minimum Gasteiger partial charge on any atom is -0.284 e. The molecule has 0 aliphatic rings. The Kier molecular flexibility index (Phi) is 4.67. The van der Waals surface area contributed by atoms with Crippen molar-refractivity contribution in [3.63, 3.8) is 0 Å². The van der Waals surface area contributed by atoms with E-state index in [-0.39, 0.29) is 4.90 Å². The van der Waals surface area contributed by atoms with Crippen molar-refractivity contribution in [2.75, 3.05) is 15.7 Å². The second-order valence-electron chi connectivity index (χ2n) is 5.32. The molecular weight excluding hydrogens is 336 g/mol. The summed E-state index contributed by atoms with van der Waals surface area (Å²) in [5.41, 5.74) is 2.35. The summed E-state index contributed by atoms with van der Waals surface area (Å²) in [6.45, 7) is 3.57. The molecule has 0 radical (unpaired) electrons. The van der Waals surface area contributed by atoms with E-state index in [1.807, 2.05) is 6.92 Å². The van der Waals surface area contributed by atoms with Gasteiger partial charge in [-0.15, -0.1) is 0 Å². The summed E-state index contributed by atoms with van der Waals surface area (Å²) in [7, 11) is -7.07. The Hall–Kier alpha value is -2.06. The van der Waals surface area contributed by atoms with Crippen LogP contribution in [-0.4, -0.2) is 23.1 Å². The molecule has 0 saturated heterocycles. The van der Waals surface area contributed by atoms with Crippen LogP contribution in [-0.2, 0) is 20.0 Å². The number of anilines is 2. The summed E-state index contributed by atoms with van der Waals surface area (Å²) in [6.07, 6.45) is 1.06. The largest absolute Gasteiger partial charge is 0.284 e. The molecule has 0 spiro atoms. The van der Waals surface area contributed by atoms with E-state index in [4.69, 9.17) is 0 Å². The van der Waals surface area contributed by atoms with Gasteiger partial charge >= 0.3 is 0 Å². The maximum Gasteiger partial charge on any atom is 0.261 e. The molecule has 124 valence electrons. The third-order valence-corrected chi connectivity index (χ3v) is 5.09. The number of hydrogen-bond acceptors (Lipinski definition) is 4. The topological polar surface area (TPSA) is 92.3 Å². The number of hydrogen-bond donors (Lipinski definition) is 2. The molecule has 2 N–H and O–H groups in total. The third kappa shape index (κ3) is 4.70. The van der Waals surface area contributed by atoms with Crippen molar-refractivity contribution < 1.29 is 16.8 Å². The second kappa shape index (κ2) is 6.21. The number of nitrogens with one attached hydrogen (secondary N) is 2. The van der Waals surface area contributed by atoms with Gasteiger partial charge in [0, 0.05) is 5.69 Å². The first kappa shape index (κ1) is 17.3. The summed E-state index contributed by atoms with van der Waals surface area (Å²) < 4.78 is 52.0. The third-order valence-electron chi connectivity index (χ3n) is 3.11. The number of sulfonamides is 2. The zero-order valence-electron chi connectivity index (χ0n) is 13.0. The molecule has 23 heavy (non-hydrogen) atoms. The van der Waals surface area contributed by atoms with Crippen molar-refractivity contribution in [2.24, 2.45) is 0 Å². The molecule has 0 aromatic heterocycles. The highest BCUT2D eigenvalue weighted by Gasteiger charge is 2.14. The number of aryl methyl sites for hydroxylation is 2. The van der Waals surface area contributed by atoms with Crippen LogP contribution in [0.2, 0.25) is 0 Å². The number of benzene rings is 2. The van der Waals surface area contributed by atoms with Gasteiger partial charge in [-0.1, -0.05) is 17.7 Å². The van der Waals surface area contributed by atoms with Gasteiger partial charge in [-0.25, -0.2) is 16.8 Å². The lowest BCUT2D eigenvalue weighted by molar-refractivity contribution is 0.600. The van der Waals surface area contributed by atoms with Gasteiger partial charge in [-0.3, -0.25) is 9.44 Å². The van der Waals surface area contributed by atoms with E-state index in [1.54, 1.807) is 25.1 Å². The molecule has 0 atom stereocenters. The molecule has 0 aliphatic carbocycles. The Morgan fingerprint density at radius 1 is 0.826 bits per heavy atom. The fourth-order valence-corrected chi connectivity index (χ4v) is 3.65. The van der Waals surface area contributed by atoms with Crippen molar-refractivity contribution >= 4 is 31.4 Å². The van der Waals surface area contributed by atoms with Crippen LogP contribution in [0.4, 0.5) is 11.4 Å². The van der Waals surface area contributed by atoms with Gasteiger partial charge in [-0.05, 0) is 49.7 Å². The minimum atomic E-state index is -3.68. The Bertz CT molecular complexity index is 918. The molecule has 0 fully saturated rings. The molecule has 0 aliphatic heterocycles. The molecular formula is C15H18N2O4S2. The van der Waals surface area contributed by atoms with E-state index in [0.29, 0.717) is 16.9 Å². The van der Waals surface area contributed by atoms with Gasteiger partial charge in [0.05, 0.1) is 16.8 Å². The van der Waals surface area contributed by atoms with Crippen LogP contribution >= 0.6 is 0 Å². The Labute approximate surface area is 136 Å². The van der Waals surface area contributed by atoms with Crippen LogP contribution in [0.1, 0.15) is 11.1 Å². The predicted octanol–water partition coefficient (Wildman–Crippen LogP) is 2.48. The minimum absolute atomic E-state index is 0.166. The van der Waals surface area contributed by atoms with Crippen molar-refractivity contribution in [3.05, 3.63) is 53.6 Å². The van der Waals surface area contributed by atoms with Gasteiger partial charge in [0.1, 0.15) is 0 Å². The van der Waals surface area contributed by atoms with Crippen LogP contribution in [0.3, 0.4) is 0 Å². The van der Waals surface area contributed by atoms with E-state index in [2.05, 4.69) is 9.44 Å². The summed E-state index contributed by atoms with van der Waals surface area (Å²) in [6, 6.07) is 11.1. The second-order valence-corrected chi connectivity index (χ2v) is 8.75. The fourth-order valence-electron chi connectivity index (χ4n) is 1.97. The Morgan fingerprint density at radius 3 is 1.96 bits per heavy atom. The number of rotatable bonds is 5. The van der Waals surface area contributed by atoms with Gasteiger partial charge in [0.25, 0.3) is 10.0 Å². The average Bonchev–Trinajstić information content (AvgIpc) is 2.41. The van der Waals surface area contributed by atoms with Crippen molar-refractivity contribution in [1.82, 2.24) is 0 Å². The van der Waals surface area contributed by atoms with Crippen molar-refractivity contribution in [1.29, 1.82) is 0 Å². The molecule has 0 saturated carbocycles. The van der Waals surface area contributed by atoms with Gasteiger partial charge in [0.15, 0.2) is 0 Å². The fraction of sp³-hybridized carbons (Fsp3) is 0.200. The molecule has 0 amide bonds. The lowest BCUT2D eigenvalue weighted by atomic mass is 10.2. The van der Waals surface area contributed by atoms with Gasteiger partial charge in [0.2, 0.25) is 10.0 Å². The van der Waals surface area contributed by atoms with Crippen LogP contribution < -0.4 is 9.44 Å². The van der Waals surface area contributed by atoms with Crippen molar-refractivity contribution in [2.45, 2.75) is 18.7 Å². The van der Waals surface area contributed by atoms with E-state index in [9.17, 15) is 16.8 Å². The van der Waals surface area contributed by atoms with Crippen LogP contribution in [0.15, 0.2) is 47.4 Å². The van der Waals surface area contributed by atoms with Gasteiger partial charge in [-0.2, -0.15) is 0 Å². The SMILES string of the molecule is Cc1ccc(S(=O)(=O)Nc2ccc(NS(C)(=O)=O)c(C)c2)cc1. The first-order chi connectivity index (χ1) is 10.6. The summed E-state index contributed by atoms with van der Waals surface area (Å²) in [5, 5.41) is 0. The molecule has 0 heterocycles. The van der Waals surface area contributed by atoms with Gasteiger partial charge < -0.3 is 0 Å². The van der Waals surface area contributed by atoms with Crippen LogP contribution in [0.25, 0.3) is 0 Å². The summed E-state index contributed by atoms with van der Waals surface area (Å²) in [4.78, 5) is 0.166. The van der Waals surface area contributed by atoms with E-state index in [0.717, 1.165) is 11.8 Å². The molecule has 0 unspecified atom stereocenters. The molecule has 2 aromatic carbocycles. The maximum atomic E-state index is 12.3. The normalized spacial score (nSPS) is 12.0. The lowest BCUT2D eigenvalue weighted by Gasteiger charge is -2.12. The maximum absolute atomic E-state index is 12.3. The molecule has 2 rings (SSSR count). The lowest BCUT2D eigenvalue weighted by Crippen LogP contribution is -2.14. The highest BCUT2D eigenvalue weighted by Crippen LogP contribution is 2.23. The van der Waals surface area contributed by atoms with Crippen molar-refractivity contribution in [3.8, 4) is 0 Å². The van der Waals surface area contributed by atoms with E-state index >= 15 is 0 Å². The summed E-state index contributed by atoms with van der Waals surface area (Å²) in [5.74, 6) is 0. The quantitative estimate of drug-likeness (QED) is 0.863. The van der Waals surface area contributed by atoms with E-state index in [1.165, 1.54) is 24.3 Å². The first-order valence-corrected chi connectivity index (χ1v) is 10.1. The summed E-state index contributed by atoms with van der Waals surface area (Å²) >= 11 is 0. The highest BCUT2D eigenvalue weighted by atomic mass is 32.2. The molecule has 8 heteroatoms. The monoisotopic (exact) mass is 354 g/mol. The smallest absolute Gasteiger partial charge is 0.261 e.